The van der Waals surface area contributed by atoms with E-state index in [0.29, 0.717) is 17.4 Å². The smallest absolute Gasteiger partial charge is 0.274 e. The van der Waals surface area contributed by atoms with Crippen LogP contribution >= 0.6 is 11.3 Å². The molecule has 0 saturated carbocycles. The van der Waals surface area contributed by atoms with Crippen molar-refractivity contribution in [2.24, 2.45) is 0 Å². The van der Waals surface area contributed by atoms with Gasteiger partial charge in [0.25, 0.3) is 14.2 Å². The molecule has 9 heteroatoms. The highest BCUT2D eigenvalue weighted by atomic mass is 32.1. The Morgan fingerprint density at radius 3 is 2.14 bits per heavy atom. The van der Waals surface area contributed by atoms with Gasteiger partial charge in [-0.15, -0.1) is 11.3 Å². The van der Waals surface area contributed by atoms with E-state index in [1.807, 2.05) is 41.1 Å². The summed E-state index contributed by atoms with van der Waals surface area (Å²) in [4.78, 5) is 25.0. The summed E-state index contributed by atoms with van der Waals surface area (Å²) in [6.07, 6.45) is 6.20. The molecular formula is C40H41N5O2SSi. The normalized spacial score (nSPS) is 16.5. The fraction of sp³-hybridized carbons (Fsp3) is 0.225. The van der Waals surface area contributed by atoms with Crippen molar-refractivity contribution in [3.63, 3.8) is 0 Å². The Morgan fingerprint density at radius 2 is 1.51 bits per heavy atom. The first-order chi connectivity index (χ1) is 23.8. The molecule has 7 rings (SSSR count). The van der Waals surface area contributed by atoms with Crippen LogP contribution in [0.25, 0.3) is 0 Å². The minimum absolute atomic E-state index is 0.0110. The van der Waals surface area contributed by atoms with E-state index in [9.17, 15) is 4.79 Å². The summed E-state index contributed by atoms with van der Waals surface area (Å²) in [6, 6.07) is 39.8. The van der Waals surface area contributed by atoms with Crippen LogP contribution in [0.3, 0.4) is 0 Å². The number of hydrogen-bond acceptors (Lipinski definition) is 6. The highest BCUT2D eigenvalue weighted by Crippen LogP contribution is 2.43. The predicted molar refractivity (Wildman–Crippen MR) is 201 cm³/mol. The number of anilines is 2. The van der Waals surface area contributed by atoms with Crippen LogP contribution in [0, 0.1) is 0 Å². The fourth-order valence-electron chi connectivity index (χ4n) is 7.11. The number of nitrogens with one attached hydrogen (secondary N) is 1. The maximum absolute atomic E-state index is 13.5. The molecule has 1 N–H and O–H groups in total. The van der Waals surface area contributed by atoms with Crippen LogP contribution in [0.4, 0.5) is 10.8 Å². The van der Waals surface area contributed by atoms with Crippen LogP contribution in [0.1, 0.15) is 55.0 Å². The van der Waals surface area contributed by atoms with Crippen LogP contribution in [0.2, 0.25) is 5.04 Å². The summed E-state index contributed by atoms with van der Waals surface area (Å²) in [7, 11) is -2.76. The molecule has 1 amide bonds. The number of thiazole rings is 1. The van der Waals surface area contributed by atoms with Crippen LogP contribution in [-0.2, 0) is 11.0 Å². The second-order valence-corrected chi connectivity index (χ2v) is 18.7. The van der Waals surface area contributed by atoms with Crippen molar-refractivity contribution in [1.82, 2.24) is 14.5 Å². The summed E-state index contributed by atoms with van der Waals surface area (Å²) >= 11 is 1.46. The molecule has 49 heavy (non-hydrogen) atoms. The Kier molecular flexibility index (Phi) is 9.31. The van der Waals surface area contributed by atoms with Gasteiger partial charge in [0.2, 0.25) is 0 Å². The van der Waals surface area contributed by atoms with Gasteiger partial charge in [0.15, 0.2) is 5.13 Å². The zero-order valence-electron chi connectivity index (χ0n) is 28.1. The first-order valence-electron chi connectivity index (χ1n) is 16.7. The van der Waals surface area contributed by atoms with Gasteiger partial charge in [0.05, 0.1) is 17.8 Å². The van der Waals surface area contributed by atoms with Gasteiger partial charge < -0.3 is 13.9 Å². The summed E-state index contributed by atoms with van der Waals surface area (Å²) in [5.41, 5.74) is 3.73. The standard InChI is InChI=1S/C40H41N5O2SSi/c1-40(2,3)49(33-16-9-5-10-17-33,34-18-11-6-12-19-34)47-32-26-37(45(28-32)31-14-7-4-8-15-31)35-29-48-39(42-35)43-38(46)36-20-13-25-44(36)27-30-21-23-41-24-22-30/h4-25,29,32,37H,26-28H2,1-3H3,(H,42,43,46)/t32-,37+/m0/s1. The number of nitrogens with zero attached hydrogens (tertiary/aromatic N) is 4. The monoisotopic (exact) mass is 683 g/mol. The highest BCUT2D eigenvalue weighted by Gasteiger charge is 2.53. The molecule has 4 heterocycles. The third-order valence-electron chi connectivity index (χ3n) is 9.36. The third-order valence-corrected chi connectivity index (χ3v) is 15.2. The van der Waals surface area contributed by atoms with E-state index in [4.69, 9.17) is 9.41 Å². The van der Waals surface area contributed by atoms with Crippen molar-refractivity contribution >= 4 is 46.8 Å². The third kappa shape index (κ3) is 6.74. The van der Waals surface area contributed by atoms with E-state index in [2.05, 4.69) is 126 Å². The molecule has 3 aromatic heterocycles. The zero-order valence-corrected chi connectivity index (χ0v) is 29.9. The summed E-state index contributed by atoms with van der Waals surface area (Å²) in [6.45, 7) is 8.29. The SMILES string of the molecule is CC(C)(C)[Si](O[C@H]1C[C@H](c2csc(NC(=O)c3cccn3Cc3ccncc3)n2)N(c2ccccc2)C1)(c1ccccc1)c1ccccc1. The number of carbonyl (C=O) groups excluding carboxylic acids is 1. The Labute approximate surface area is 293 Å². The molecule has 1 aliphatic rings. The summed E-state index contributed by atoms with van der Waals surface area (Å²) < 4.78 is 9.56. The van der Waals surface area contributed by atoms with Crippen molar-refractivity contribution in [3.05, 3.63) is 156 Å². The van der Waals surface area contributed by atoms with E-state index in [1.54, 1.807) is 12.4 Å². The van der Waals surface area contributed by atoms with E-state index >= 15 is 0 Å². The van der Waals surface area contributed by atoms with Crippen LogP contribution in [0.5, 0.6) is 0 Å². The molecule has 0 radical (unpaired) electrons. The van der Waals surface area contributed by atoms with Gasteiger partial charge in [0.1, 0.15) is 5.69 Å². The van der Waals surface area contributed by atoms with Crippen LogP contribution in [-0.4, -0.2) is 41.4 Å². The quantitative estimate of drug-likeness (QED) is 0.151. The molecule has 1 saturated heterocycles. The number of hydrogen-bond donors (Lipinski definition) is 1. The topological polar surface area (TPSA) is 72.3 Å². The van der Waals surface area contributed by atoms with Gasteiger partial charge in [-0.3, -0.25) is 15.1 Å². The number of benzene rings is 3. The molecule has 248 valence electrons. The number of para-hydroxylation sites is 1. The van der Waals surface area contributed by atoms with Crippen molar-refractivity contribution in [1.29, 1.82) is 0 Å². The zero-order chi connectivity index (χ0) is 33.8. The lowest BCUT2D eigenvalue weighted by atomic mass is 10.1. The van der Waals surface area contributed by atoms with E-state index in [1.165, 1.54) is 21.7 Å². The Morgan fingerprint density at radius 1 is 0.878 bits per heavy atom. The first kappa shape index (κ1) is 32.7. The van der Waals surface area contributed by atoms with Crippen LogP contribution in [0.15, 0.2) is 139 Å². The molecule has 0 unspecified atom stereocenters. The van der Waals surface area contributed by atoms with Crippen molar-refractivity contribution < 1.29 is 9.22 Å². The molecule has 3 aromatic carbocycles. The lowest BCUT2D eigenvalue weighted by Gasteiger charge is -2.44. The average molecular weight is 684 g/mol. The second-order valence-electron chi connectivity index (χ2n) is 13.6. The molecular weight excluding hydrogens is 643 g/mol. The van der Waals surface area contributed by atoms with Gasteiger partial charge in [0, 0.05) is 49.2 Å². The number of aromatic nitrogens is 3. The summed E-state index contributed by atoms with van der Waals surface area (Å²) in [5, 5.41) is 8.16. The molecule has 1 aliphatic heterocycles. The van der Waals surface area contributed by atoms with Gasteiger partial charge in [-0.25, -0.2) is 4.98 Å². The molecule has 0 spiro atoms. The number of pyridine rings is 1. The van der Waals surface area contributed by atoms with Gasteiger partial charge in [-0.2, -0.15) is 0 Å². The fourth-order valence-corrected chi connectivity index (χ4v) is 12.5. The lowest BCUT2D eigenvalue weighted by molar-refractivity contribution is 0.101. The van der Waals surface area contributed by atoms with Crippen molar-refractivity contribution in [2.75, 3.05) is 16.8 Å². The average Bonchev–Trinajstić information content (AvgIpc) is 3.89. The van der Waals surface area contributed by atoms with Crippen LogP contribution < -0.4 is 20.6 Å². The van der Waals surface area contributed by atoms with Crippen molar-refractivity contribution in [3.8, 4) is 0 Å². The molecule has 7 nitrogen and oxygen atoms in total. The number of carbonyl (C=O) groups is 1. The second kappa shape index (κ2) is 14.0. The van der Waals surface area contributed by atoms with Gasteiger partial charge in [-0.1, -0.05) is 99.6 Å². The van der Waals surface area contributed by atoms with Gasteiger partial charge >= 0.3 is 0 Å². The molecule has 6 aromatic rings. The van der Waals surface area contributed by atoms with E-state index in [0.717, 1.165) is 29.9 Å². The number of amides is 1. The highest BCUT2D eigenvalue weighted by molar-refractivity contribution is 7.14. The first-order valence-corrected chi connectivity index (χ1v) is 19.5. The molecule has 0 bridgehead atoms. The Hall–Kier alpha value is -4.83. The Balaban J connectivity index is 1.17. The largest absolute Gasteiger partial charge is 0.403 e. The predicted octanol–water partition coefficient (Wildman–Crippen LogP) is 7.54. The lowest BCUT2D eigenvalue weighted by Crippen LogP contribution is -2.67. The molecule has 0 aliphatic carbocycles. The maximum Gasteiger partial charge on any atom is 0.274 e. The van der Waals surface area contributed by atoms with E-state index < -0.39 is 8.32 Å². The maximum atomic E-state index is 13.5. The number of rotatable bonds is 10. The molecule has 2 atom stereocenters. The van der Waals surface area contributed by atoms with Gasteiger partial charge in [-0.05, 0) is 57.4 Å². The molecule has 1 fully saturated rings. The minimum atomic E-state index is -2.76. The minimum Gasteiger partial charge on any atom is -0.403 e. The van der Waals surface area contributed by atoms with Crippen molar-refractivity contribution in [2.45, 2.75) is 50.9 Å². The Bertz CT molecular complexity index is 1940. The summed E-state index contributed by atoms with van der Waals surface area (Å²) in [5.74, 6) is -0.181. The van der Waals surface area contributed by atoms with E-state index in [-0.39, 0.29) is 23.1 Å².